The zero-order valence-corrected chi connectivity index (χ0v) is 20.4. The molecule has 1 saturated heterocycles. The number of ether oxygens (including phenoxy) is 3. The second-order valence-electron chi connectivity index (χ2n) is 9.65. The zero-order chi connectivity index (χ0) is 25.3. The first kappa shape index (κ1) is 21.8. The normalized spacial score (nSPS) is 19.9. The number of carbonyl (C=O) groups excluding carboxylic acids is 1. The van der Waals surface area contributed by atoms with Gasteiger partial charge in [0.2, 0.25) is 6.79 Å². The molecule has 1 aliphatic carbocycles. The highest BCUT2D eigenvalue weighted by atomic mass is 16.7. The Morgan fingerprint density at radius 1 is 1.05 bits per heavy atom. The minimum atomic E-state index is -0.214. The first-order chi connectivity index (χ1) is 18.0. The number of amides is 1. The number of nitrogens with one attached hydrogen (secondary N) is 1. The van der Waals surface area contributed by atoms with E-state index in [4.69, 9.17) is 19.9 Å². The number of fused-ring (bicyclic) bond motifs is 9. The molecule has 3 aliphatic heterocycles. The molecule has 3 aromatic rings. The second kappa shape index (κ2) is 8.03. The summed E-state index contributed by atoms with van der Waals surface area (Å²) in [5, 5.41) is 3.04. The Morgan fingerprint density at radius 2 is 1.84 bits per heavy atom. The number of benzene rings is 2. The summed E-state index contributed by atoms with van der Waals surface area (Å²) in [5.74, 6) is 1.70. The van der Waals surface area contributed by atoms with Crippen LogP contribution in [-0.2, 0) is 20.8 Å². The second-order valence-corrected chi connectivity index (χ2v) is 9.65. The Balaban J connectivity index is 1.16. The molecular formula is C30H24N3O4+. The van der Waals surface area contributed by atoms with Crippen molar-refractivity contribution >= 4 is 17.3 Å². The van der Waals surface area contributed by atoms with Gasteiger partial charge in [0.05, 0.1) is 12.2 Å². The number of hydrogen-bond donors (Lipinski definition) is 2. The van der Waals surface area contributed by atoms with Crippen LogP contribution in [-0.4, -0.2) is 17.7 Å². The third-order valence-electron chi connectivity index (χ3n) is 7.47. The molecule has 7 nitrogen and oxygen atoms in total. The molecule has 37 heavy (non-hydrogen) atoms. The SMILES string of the molecule is Cc1cc(N)nc(C)c1CNC(=O)c1ccc2c(c1)C1OC2c2ccc(C3=C4OCOC4=[C+]C=C3)cc21. The summed E-state index contributed by atoms with van der Waals surface area (Å²) in [7, 11) is 0. The van der Waals surface area contributed by atoms with E-state index in [1.807, 2.05) is 50.3 Å². The number of rotatable bonds is 4. The highest BCUT2D eigenvalue weighted by Gasteiger charge is 2.43. The summed E-state index contributed by atoms with van der Waals surface area (Å²) in [4.78, 5) is 17.4. The van der Waals surface area contributed by atoms with Gasteiger partial charge in [-0.3, -0.25) is 4.79 Å². The predicted octanol–water partition coefficient (Wildman–Crippen LogP) is 4.71. The fourth-order valence-electron chi connectivity index (χ4n) is 5.67. The molecule has 7 heteroatoms. The number of nitrogen functional groups attached to an aromatic ring is 1. The number of nitrogens with two attached hydrogens (primary N) is 1. The molecule has 0 saturated carbocycles. The summed E-state index contributed by atoms with van der Waals surface area (Å²) in [6.07, 6.45) is 6.58. The lowest BCUT2D eigenvalue weighted by molar-refractivity contribution is 0.0857. The van der Waals surface area contributed by atoms with Crippen LogP contribution in [0.4, 0.5) is 5.82 Å². The number of hydrogen-bond acceptors (Lipinski definition) is 6. The van der Waals surface area contributed by atoms with Gasteiger partial charge in [0.25, 0.3) is 11.7 Å². The quantitative estimate of drug-likeness (QED) is 0.515. The van der Waals surface area contributed by atoms with Crippen LogP contribution in [0.2, 0.25) is 0 Å². The topological polar surface area (TPSA) is 95.7 Å². The monoisotopic (exact) mass is 490 g/mol. The van der Waals surface area contributed by atoms with E-state index in [1.54, 1.807) is 0 Å². The third kappa shape index (κ3) is 3.36. The number of aryl methyl sites for hydroxylation is 2. The van der Waals surface area contributed by atoms with Crippen molar-refractivity contribution in [2.75, 3.05) is 12.5 Å². The maximum Gasteiger partial charge on any atom is 0.337 e. The van der Waals surface area contributed by atoms with E-state index >= 15 is 0 Å². The molecule has 0 spiro atoms. The lowest BCUT2D eigenvalue weighted by Gasteiger charge is -2.18. The van der Waals surface area contributed by atoms with Gasteiger partial charge < -0.3 is 25.3 Å². The van der Waals surface area contributed by atoms with E-state index in [-0.39, 0.29) is 24.9 Å². The van der Waals surface area contributed by atoms with Crippen molar-refractivity contribution in [1.82, 2.24) is 10.3 Å². The van der Waals surface area contributed by atoms with Gasteiger partial charge in [-0.1, -0.05) is 18.2 Å². The summed E-state index contributed by atoms with van der Waals surface area (Å²) < 4.78 is 17.6. The molecule has 1 amide bonds. The molecule has 2 atom stereocenters. The molecule has 0 radical (unpaired) electrons. The number of pyridine rings is 1. The summed E-state index contributed by atoms with van der Waals surface area (Å²) in [6, 6.07) is 14.0. The first-order valence-corrected chi connectivity index (χ1v) is 12.2. The van der Waals surface area contributed by atoms with Crippen LogP contribution >= 0.6 is 0 Å². The zero-order valence-electron chi connectivity index (χ0n) is 20.4. The van der Waals surface area contributed by atoms with Crippen molar-refractivity contribution in [1.29, 1.82) is 0 Å². The molecule has 2 bridgehead atoms. The van der Waals surface area contributed by atoms with Crippen molar-refractivity contribution in [2.24, 2.45) is 0 Å². The van der Waals surface area contributed by atoms with E-state index in [0.29, 0.717) is 29.4 Å². The third-order valence-corrected chi connectivity index (χ3v) is 7.47. The molecule has 2 aromatic carbocycles. The van der Waals surface area contributed by atoms with Gasteiger partial charge in [-0.15, -0.1) is 0 Å². The Bertz CT molecular complexity index is 1580. The smallest absolute Gasteiger partial charge is 0.337 e. The lowest BCUT2D eigenvalue weighted by atomic mass is 9.83. The van der Waals surface area contributed by atoms with Gasteiger partial charge in [-0.2, -0.15) is 0 Å². The average molecular weight is 491 g/mol. The fraction of sp³-hybridized carbons (Fsp3) is 0.200. The van der Waals surface area contributed by atoms with Gasteiger partial charge in [-0.25, -0.2) is 4.98 Å². The molecule has 1 fully saturated rings. The van der Waals surface area contributed by atoms with Crippen LogP contribution in [0.25, 0.3) is 5.57 Å². The molecule has 1 aromatic heterocycles. The Morgan fingerprint density at radius 3 is 2.68 bits per heavy atom. The van der Waals surface area contributed by atoms with Gasteiger partial charge in [0, 0.05) is 23.4 Å². The molecule has 4 aliphatic rings. The van der Waals surface area contributed by atoms with Crippen molar-refractivity contribution in [3.8, 4) is 0 Å². The largest absolute Gasteiger partial charge is 0.424 e. The Labute approximate surface area is 214 Å². The highest BCUT2D eigenvalue weighted by Crippen LogP contribution is 2.54. The maximum atomic E-state index is 13.1. The standard InChI is InChI=1S/C30H23N3O4/c1-15-10-26(31)33-16(2)24(15)13-32-30(34)18-7-9-21-23(12-18)28-22-11-17(6-8-20(22)27(21)37-28)19-4-3-5-25-29(19)36-14-35-25/h3-4,6-12,27-28H,13-14H2,1-2H3,(H2-,31,32,33,34)/p+1. The lowest BCUT2D eigenvalue weighted by Crippen LogP contribution is -2.24. The van der Waals surface area contributed by atoms with Gasteiger partial charge in [-0.05, 0) is 71.5 Å². The van der Waals surface area contributed by atoms with Gasteiger partial charge in [0.15, 0.2) is 0 Å². The Kier molecular flexibility index (Phi) is 4.73. The first-order valence-electron chi connectivity index (χ1n) is 12.2. The molecular weight excluding hydrogens is 466 g/mol. The van der Waals surface area contributed by atoms with E-state index in [1.165, 1.54) is 0 Å². The van der Waals surface area contributed by atoms with Crippen LogP contribution in [0.3, 0.4) is 0 Å². The van der Waals surface area contributed by atoms with Crippen LogP contribution in [0, 0.1) is 19.9 Å². The summed E-state index contributed by atoms with van der Waals surface area (Å²) >= 11 is 0. The molecule has 2 unspecified atom stereocenters. The number of anilines is 1. The van der Waals surface area contributed by atoms with Crippen LogP contribution in [0.5, 0.6) is 0 Å². The number of allylic oxidation sites excluding steroid dienone is 4. The number of nitrogens with zero attached hydrogens (tertiary/aromatic N) is 1. The summed E-state index contributed by atoms with van der Waals surface area (Å²) in [5.41, 5.74) is 15.7. The van der Waals surface area contributed by atoms with Crippen LogP contribution < -0.4 is 11.1 Å². The van der Waals surface area contributed by atoms with Crippen LogP contribution in [0.1, 0.15) is 67.2 Å². The van der Waals surface area contributed by atoms with E-state index < -0.39 is 0 Å². The summed E-state index contributed by atoms with van der Waals surface area (Å²) in [6.45, 7) is 4.47. The van der Waals surface area contributed by atoms with E-state index in [0.717, 1.165) is 50.2 Å². The predicted molar refractivity (Wildman–Crippen MR) is 137 cm³/mol. The molecule has 182 valence electrons. The van der Waals surface area contributed by atoms with Crippen molar-refractivity contribution in [3.05, 3.63) is 122 Å². The molecule has 7 rings (SSSR count). The van der Waals surface area contributed by atoms with Crippen molar-refractivity contribution in [2.45, 2.75) is 32.6 Å². The van der Waals surface area contributed by atoms with Crippen LogP contribution in [0.15, 0.2) is 66.1 Å². The minimum absolute atomic E-state index is 0.123. The van der Waals surface area contributed by atoms with Crippen molar-refractivity contribution < 1.29 is 19.0 Å². The number of aromatic nitrogens is 1. The molecule has 4 heterocycles. The van der Waals surface area contributed by atoms with E-state index in [2.05, 4.69) is 34.6 Å². The van der Waals surface area contributed by atoms with E-state index in [9.17, 15) is 4.79 Å². The average Bonchev–Trinajstić information content (AvgIpc) is 3.61. The minimum Gasteiger partial charge on any atom is -0.424 e. The molecule has 3 N–H and O–H groups in total. The maximum absolute atomic E-state index is 13.1. The Hall–Kier alpha value is -4.45. The van der Waals surface area contributed by atoms with Crippen molar-refractivity contribution in [3.63, 3.8) is 0 Å². The highest BCUT2D eigenvalue weighted by molar-refractivity contribution is 5.94. The van der Waals surface area contributed by atoms with Gasteiger partial charge >= 0.3 is 5.76 Å². The number of carbonyl (C=O) groups is 1. The van der Waals surface area contributed by atoms with Gasteiger partial charge in [0.1, 0.15) is 29.7 Å². The fourth-order valence-corrected chi connectivity index (χ4v) is 5.67.